The Morgan fingerprint density at radius 3 is 2.77 bits per heavy atom. The van der Waals surface area contributed by atoms with Crippen molar-refractivity contribution in [2.75, 3.05) is 12.0 Å². The molecular weight excluding hydrogens is 443 g/mol. The fourth-order valence-electron chi connectivity index (χ4n) is 2.79. The van der Waals surface area contributed by atoms with Gasteiger partial charge in [-0.25, -0.2) is 27.5 Å². The summed E-state index contributed by atoms with van der Waals surface area (Å²) in [6.45, 7) is 0.0963. The standard InChI is InChI=1S/C19H21FN6O3S2/c1-30-10-8-16(25-31(28,29)17-7-3-2-6-15(17)20)19(27)23-11-14-5-4-9-22-18(14)26-13-21-12-24-26/h2-7,9,12-13,16,25H,8,10-11H2,1H3,(H,23,27). The predicted octanol–water partition coefficient (Wildman–Crippen LogP) is 1.52. The average molecular weight is 465 g/mol. The van der Waals surface area contributed by atoms with E-state index in [4.69, 9.17) is 0 Å². The van der Waals surface area contributed by atoms with Gasteiger partial charge in [0, 0.05) is 18.3 Å². The Bertz CT molecular complexity index is 1130. The third kappa shape index (κ3) is 5.87. The maximum Gasteiger partial charge on any atom is 0.244 e. The number of nitrogens with zero attached hydrogens (tertiary/aromatic N) is 4. The number of nitrogens with one attached hydrogen (secondary N) is 2. The number of carbonyl (C=O) groups excluding carboxylic acids is 1. The van der Waals surface area contributed by atoms with E-state index >= 15 is 0 Å². The lowest BCUT2D eigenvalue weighted by atomic mass is 10.2. The molecule has 1 amide bonds. The summed E-state index contributed by atoms with van der Waals surface area (Å²) in [4.78, 5) is 20.5. The van der Waals surface area contributed by atoms with Crippen LogP contribution in [0.3, 0.4) is 0 Å². The van der Waals surface area contributed by atoms with Crippen LogP contribution in [0.5, 0.6) is 0 Å². The fourth-order valence-corrected chi connectivity index (χ4v) is 4.57. The lowest BCUT2D eigenvalue weighted by Gasteiger charge is -2.19. The van der Waals surface area contributed by atoms with Crippen LogP contribution in [0.25, 0.3) is 5.82 Å². The Labute approximate surface area is 183 Å². The van der Waals surface area contributed by atoms with E-state index in [0.29, 0.717) is 17.1 Å². The summed E-state index contributed by atoms with van der Waals surface area (Å²) >= 11 is 1.47. The van der Waals surface area contributed by atoms with E-state index < -0.39 is 32.7 Å². The maximum absolute atomic E-state index is 14.0. The zero-order valence-corrected chi connectivity index (χ0v) is 18.2. The fraction of sp³-hybridized carbons (Fsp3) is 0.263. The van der Waals surface area contributed by atoms with Crippen molar-refractivity contribution in [3.05, 3.63) is 66.6 Å². The van der Waals surface area contributed by atoms with Crippen molar-refractivity contribution < 1.29 is 17.6 Å². The van der Waals surface area contributed by atoms with Crippen LogP contribution >= 0.6 is 11.8 Å². The summed E-state index contributed by atoms with van der Waals surface area (Å²) in [6, 6.07) is 7.44. The van der Waals surface area contributed by atoms with Crippen LogP contribution in [0.1, 0.15) is 12.0 Å². The molecule has 3 rings (SSSR count). The molecule has 2 aromatic heterocycles. The minimum atomic E-state index is -4.22. The molecule has 9 nitrogen and oxygen atoms in total. The molecule has 0 saturated carbocycles. The van der Waals surface area contributed by atoms with Gasteiger partial charge in [-0.1, -0.05) is 18.2 Å². The summed E-state index contributed by atoms with van der Waals surface area (Å²) in [5.74, 6) is -0.378. The van der Waals surface area contributed by atoms with Gasteiger partial charge in [0.15, 0.2) is 5.82 Å². The molecule has 1 unspecified atom stereocenters. The highest BCUT2D eigenvalue weighted by molar-refractivity contribution is 7.98. The van der Waals surface area contributed by atoms with E-state index in [9.17, 15) is 17.6 Å². The minimum absolute atomic E-state index is 0.0963. The summed E-state index contributed by atoms with van der Waals surface area (Å²) < 4.78 is 43.1. The van der Waals surface area contributed by atoms with Crippen molar-refractivity contribution in [3.63, 3.8) is 0 Å². The van der Waals surface area contributed by atoms with Crippen molar-refractivity contribution in [1.82, 2.24) is 29.8 Å². The zero-order valence-electron chi connectivity index (χ0n) is 16.6. The van der Waals surface area contributed by atoms with Gasteiger partial charge >= 0.3 is 0 Å². The first kappa shape index (κ1) is 22.8. The maximum atomic E-state index is 14.0. The average Bonchev–Trinajstić information content (AvgIpc) is 3.30. The molecule has 0 aliphatic rings. The second-order valence-corrected chi connectivity index (χ2v) is 9.10. The molecule has 1 atom stereocenters. The Hall–Kier alpha value is -2.83. The monoisotopic (exact) mass is 464 g/mol. The molecule has 0 bridgehead atoms. The number of rotatable bonds is 10. The summed E-state index contributed by atoms with van der Waals surface area (Å²) in [5, 5.41) is 6.77. The molecule has 0 aliphatic carbocycles. The number of amides is 1. The number of halogens is 1. The van der Waals surface area contributed by atoms with Gasteiger partial charge in [-0.3, -0.25) is 4.79 Å². The van der Waals surface area contributed by atoms with Crippen molar-refractivity contribution in [3.8, 4) is 5.82 Å². The smallest absolute Gasteiger partial charge is 0.244 e. The number of hydrogen-bond acceptors (Lipinski definition) is 7. The Balaban J connectivity index is 1.75. The SMILES string of the molecule is CSCCC(NS(=O)(=O)c1ccccc1F)C(=O)NCc1cccnc1-n1cncn1. The minimum Gasteiger partial charge on any atom is -0.350 e. The molecular formula is C19H21FN6O3S2. The molecule has 0 radical (unpaired) electrons. The third-order valence-electron chi connectivity index (χ3n) is 4.31. The highest BCUT2D eigenvalue weighted by atomic mass is 32.2. The number of sulfonamides is 1. The van der Waals surface area contributed by atoms with Crippen LogP contribution < -0.4 is 10.0 Å². The zero-order chi connectivity index (χ0) is 22.3. The third-order valence-corrected chi connectivity index (χ3v) is 6.46. The van der Waals surface area contributed by atoms with Gasteiger partial charge in [-0.05, 0) is 36.6 Å². The lowest BCUT2D eigenvalue weighted by Crippen LogP contribution is -2.47. The first-order valence-electron chi connectivity index (χ1n) is 9.25. The van der Waals surface area contributed by atoms with Crippen molar-refractivity contribution in [2.24, 2.45) is 0 Å². The molecule has 164 valence electrons. The second kappa shape index (κ2) is 10.5. The van der Waals surface area contributed by atoms with Gasteiger partial charge in [0.25, 0.3) is 0 Å². The molecule has 31 heavy (non-hydrogen) atoms. The quantitative estimate of drug-likeness (QED) is 0.467. The van der Waals surface area contributed by atoms with E-state index in [0.717, 1.165) is 12.1 Å². The van der Waals surface area contributed by atoms with Crippen molar-refractivity contribution in [1.29, 1.82) is 0 Å². The van der Waals surface area contributed by atoms with Gasteiger partial charge in [-0.2, -0.15) is 21.6 Å². The van der Waals surface area contributed by atoms with Gasteiger partial charge in [0.05, 0.1) is 0 Å². The highest BCUT2D eigenvalue weighted by Crippen LogP contribution is 2.15. The van der Waals surface area contributed by atoms with Crippen LogP contribution in [-0.4, -0.2) is 52.1 Å². The Morgan fingerprint density at radius 2 is 2.06 bits per heavy atom. The van der Waals surface area contributed by atoms with Crippen LogP contribution in [0.15, 0.2) is 60.1 Å². The molecule has 0 aliphatic heterocycles. The van der Waals surface area contributed by atoms with Gasteiger partial charge in [-0.15, -0.1) is 0 Å². The van der Waals surface area contributed by atoms with E-state index in [1.54, 1.807) is 18.3 Å². The van der Waals surface area contributed by atoms with Gasteiger partial charge < -0.3 is 5.32 Å². The number of pyridine rings is 1. The molecule has 1 aromatic carbocycles. The normalized spacial score (nSPS) is 12.5. The second-order valence-electron chi connectivity index (χ2n) is 6.43. The van der Waals surface area contributed by atoms with Crippen LogP contribution in [0.4, 0.5) is 4.39 Å². The topological polar surface area (TPSA) is 119 Å². The van der Waals surface area contributed by atoms with Crippen molar-refractivity contribution >= 4 is 27.7 Å². The molecule has 3 aromatic rings. The van der Waals surface area contributed by atoms with E-state index in [1.165, 1.54) is 41.2 Å². The van der Waals surface area contributed by atoms with Crippen LogP contribution in [0.2, 0.25) is 0 Å². The van der Waals surface area contributed by atoms with E-state index in [2.05, 4.69) is 25.1 Å². The largest absolute Gasteiger partial charge is 0.350 e. The summed E-state index contributed by atoms with van der Waals surface area (Å²) in [7, 11) is -4.22. The number of thioether (sulfide) groups is 1. The van der Waals surface area contributed by atoms with E-state index in [-0.39, 0.29) is 13.0 Å². The first-order chi connectivity index (χ1) is 14.9. The van der Waals surface area contributed by atoms with Crippen molar-refractivity contribution in [2.45, 2.75) is 23.9 Å². The van der Waals surface area contributed by atoms with E-state index in [1.807, 2.05) is 6.26 Å². The molecule has 2 heterocycles. The van der Waals surface area contributed by atoms with Crippen LogP contribution in [0, 0.1) is 5.82 Å². The summed E-state index contributed by atoms with van der Waals surface area (Å²) in [5.41, 5.74) is 0.668. The van der Waals surface area contributed by atoms with Crippen LogP contribution in [-0.2, 0) is 21.4 Å². The van der Waals surface area contributed by atoms with Gasteiger partial charge in [0.2, 0.25) is 15.9 Å². The molecule has 0 saturated heterocycles. The Kier molecular flexibility index (Phi) is 7.71. The molecule has 0 spiro atoms. The lowest BCUT2D eigenvalue weighted by molar-refractivity contribution is -0.122. The number of carbonyl (C=O) groups is 1. The molecule has 2 N–H and O–H groups in total. The number of aromatic nitrogens is 4. The molecule has 0 fully saturated rings. The Morgan fingerprint density at radius 1 is 1.26 bits per heavy atom. The summed E-state index contributed by atoms with van der Waals surface area (Å²) in [6.07, 6.45) is 6.53. The number of benzene rings is 1. The molecule has 12 heteroatoms. The number of hydrogen-bond donors (Lipinski definition) is 2. The van der Waals surface area contributed by atoms with Gasteiger partial charge in [0.1, 0.15) is 29.4 Å². The first-order valence-corrected chi connectivity index (χ1v) is 12.1. The highest BCUT2D eigenvalue weighted by Gasteiger charge is 2.27. The predicted molar refractivity (Wildman–Crippen MR) is 115 cm³/mol.